The predicted molar refractivity (Wildman–Crippen MR) is 85.5 cm³/mol. The molecule has 1 aromatic rings. The first-order chi connectivity index (χ1) is 9.12. The van der Waals surface area contributed by atoms with Gasteiger partial charge in [0.25, 0.3) is 5.91 Å². The molecule has 5 heteroatoms. The highest BCUT2D eigenvalue weighted by molar-refractivity contribution is 14.1. The van der Waals surface area contributed by atoms with Crippen molar-refractivity contribution in [3.05, 3.63) is 27.3 Å². The van der Waals surface area contributed by atoms with Gasteiger partial charge in [0.2, 0.25) is 0 Å². The molecule has 3 N–H and O–H groups in total. The number of hydrogen-bond acceptors (Lipinski definition) is 3. The molecule has 0 saturated carbocycles. The lowest BCUT2D eigenvalue weighted by atomic mass is 10.1. The Morgan fingerprint density at radius 1 is 1.53 bits per heavy atom. The third-order valence-corrected chi connectivity index (χ3v) is 3.84. The molecule has 4 nitrogen and oxygen atoms in total. The van der Waals surface area contributed by atoms with E-state index in [4.69, 9.17) is 10.5 Å². The maximum absolute atomic E-state index is 12.2. The van der Waals surface area contributed by atoms with Crippen molar-refractivity contribution in [2.75, 3.05) is 13.7 Å². The Bertz CT molecular complexity index is 424. The molecular weight excluding hydrogens is 355 g/mol. The SMILES string of the molecule is CCCCC(CN)NC(=O)c1ccc(OC)cc1I. The van der Waals surface area contributed by atoms with Crippen molar-refractivity contribution in [2.24, 2.45) is 5.73 Å². The molecule has 0 aliphatic carbocycles. The van der Waals surface area contributed by atoms with E-state index in [0.717, 1.165) is 28.6 Å². The molecule has 1 atom stereocenters. The van der Waals surface area contributed by atoms with Gasteiger partial charge in [0, 0.05) is 16.2 Å². The normalized spacial score (nSPS) is 12.0. The Labute approximate surface area is 128 Å². The van der Waals surface area contributed by atoms with Gasteiger partial charge < -0.3 is 15.8 Å². The van der Waals surface area contributed by atoms with Crippen LogP contribution in [0.25, 0.3) is 0 Å². The number of methoxy groups -OCH3 is 1. The number of rotatable bonds is 7. The van der Waals surface area contributed by atoms with Gasteiger partial charge in [-0.3, -0.25) is 4.79 Å². The zero-order valence-electron chi connectivity index (χ0n) is 11.4. The summed E-state index contributed by atoms with van der Waals surface area (Å²) in [7, 11) is 1.61. The van der Waals surface area contributed by atoms with Crippen LogP contribution in [0.3, 0.4) is 0 Å². The minimum atomic E-state index is -0.0707. The molecule has 106 valence electrons. The maximum Gasteiger partial charge on any atom is 0.252 e. The number of nitrogens with one attached hydrogen (secondary N) is 1. The maximum atomic E-state index is 12.2. The summed E-state index contributed by atoms with van der Waals surface area (Å²) in [5.41, 5.74) is 6.35. The van der Waals surface area contributed by atoms with Gasteiger partial charge in [0.05, 0.1) is 12.7 Å². The monoisotopic (exact) mass is 376 g/mol. The van der Waals surface area contributed by atoms with Crippen LogP contribution >= 0.6 is 22.6 Å². The van der Waals surface area contributed by atoms with E-state index >= 15 is 0 Å². The molecule has 1 unspecified atom stereocenters. The lowest BCUT2D eigenvalue weighted by Crippen LogP contribution is -2.40. The van der Waals surface area contributed by atoms with E-state index in [1.165, 1.54) is 0 Å². The summed E-state index contributed by atoms with van der Waals surface area (Å²) >= 11 is 2.14. The molecule has 0 aliphatic heterocycles. The van der Waals surface area contributed by atoms with E-state index in [1.807, 2.05) is 6.07 Å². The molecule has 0 heterocycles. The molecule has 0 fully saturated rings. The smallest absolute Gasteiger partial charge is 0.252 e. The minimum absolute atomic E-state index is 0.0466. The van der Waals surface area contributed by atoms with Crippen LogP contribution in [0.15, 0.2) is 18.2 Å². The quantitative estimate of drug-likeness (QED) is 0.719. The van der Waals surface area contributed by atoms with E-state index in [9.17, 15) is 4.79 Å². The van der Waals surface area contributed by atoms with Gasteiger partial charge in [-0.05, 0) is 47.2 Å². The molecule has 0 radical (unpaired) electrons. The number of unbranched alkanes of at least 4 members (excludes halogenated alkanes) is 1. The predicted octanol–water partition coefficient (Wildman–Crippen LogP) is 2.55. The number of nitrogens with two attached hydrogens (primary N) is 1. The summed E-state index contributed by atoms with van der Waals surface area (Å²) in [6, 6.07) is 5.47. The van der Waals surface area contributed by atoms with E-state index in [1.54, 1.807) is 19.2 Å². The average Bonchev–Trinajstić information content (AvgIpc) is 2.42. The summed E-state index contributed by atoms with van der Waals surface area (Å²) < 4.78 is 6.00. The second-order valence-electron chi connectivity index (χ2n) is 4.39. The number of amides is 1. The van der Waals surface area contributed by atoms with Gasteiger partial charge >= 0.3 is 0 Å². The van der Waals surface area contributed by atoms with E-state index in [0.29, 0.717) is 12.1 Å². The number of ether oxygens (including phenoxy) is 1. The van der Waals surface area contributed by atoms with E-state index in [-0.39, 0.29) is 11.9 Å². The highest BCUT2D eigenvalue weighted by atomic mass is 127. The minimum Gasteiger partial charge on any atom is -0.497 e. The van der Waals surface area contributed by atoms with Gasteiger partial charge in [0.15, 0.2) is 0 Å². The van der Waals surface area contributed by atoms with E-state index < -0.39 is 0 Å². The van der Waals surface area contributed by atoms with Crippen LogP contribution in [-0.4, -0.2) is 25.6 Å². The fourth-order valence-electron chi connectivity index (χ4n) is 1.77. The lowest BCUT2D eigenvalue weighted by molar-refractivity contribution is 0.0935. The average molecular weight is 376 g/mol. The molecule has 1 rings (SSSR count). The Balaban J connectivity index is 2.71. The van der Waals surface area contributed by atoms with Crippen LogP contribution in [0.2, 0.25) is 0 Å². The van der Waals surface area contributed by atoms with Crippen molar-refractivity contribution in [3.63, 3.8) is 0 Å². The Morgan fingerprint density at radius 2 is 2.26 bits per heavy atom. The zero-order valence-corrected chi connectivity index (χ0v) is 13.6. The number of benzene rings is 1. The first-order valence-electron chi connectivity index (χ1n) is 6.46. The number of carbonyl (C=O) groups is 1. The topological polar surface area (TPSA) is 64.3 Å². The number of hydrogen-bond donors (Lipinski definition) is 2. The summed E-state index contributed by atoms with van der Waals surface area (Å²) in [6.07, 6.45) is 3.10. The summed E-state index contributed by atoms with van der Waals surface area (Å²) in [5, 5.41) is 2.99. The van der Waals surface area contributed by atoms with Gasteiger partial charge in [0.1, 0.15) is 5.75 Å². The van der Waals surface area contributed by atoms with Crippen LogP contribution in [0.4, 0.5) is 0 Å². The fourth-order valence-corrected chi connectivity index (χ4v) is 2.50. The highest BCUT2D eigenvalue weighted by Gasteiger charge is 2.14. The second-order valence-corrected chi connectivity index (χ2v) is 5.56. The van der Waals surface area contributed by atoms with Crippen molar-refractivity contribution < 1.29 is 9.53 Å². The fraction of sp³-hybridized carbons (Fsp3) is 0.500. The Kier molecular flexibility index (Phi) is 7.15. The molecule has 0 aromatic heterocycles. The van der Waals surface area contributed by atoms with Crippen molar-refractivity contribution in [1.82, 2.24) is 5.32 Å². The number of halogens is 1. The molecule has 0 saturated heterocycles. The highest BCUT2D eigenvalue weighted by Crippen LogP contribution is 2.19. The van der Waals surface area contributed by atoms with E-state index in [2.05, 4.69) is 34.8 Å². The van der Waals surface area contributed by atoms with Gasteiger partial charge in [-0.25, -0.2) is 0 Å². The van der Waals surface area contributed by atoms with Crippen molar-refractivity contribution in [1.29, 1.82) is 0 Å². The zero-order chi connectivity index (χ0) is 14.3. The van der Waals surface area contributed by atoms with Crippen molar-refractivity contribution in [3.8, 4) is 5.75 Å². The largest absolute Gasteiger partial charge is 0.497 e. The van der Waals surface area contributed by atoms with Gasteiger partial charge in [-0.2, -0.15) is 0 Å². The molecular formula is C14H21IN2O2. The van der Waals surface area contributed by atoms with Gasteiger partial charge in [-0.1, -0.05) is 19.8 Å². The standard InChI is InChI=1S/C14H21IN2O2/c1-3-4-5-10(9-16)17-14(18)12-7-6-11(19-2)8-13(12)15/h6-8,10H,3-5,9,16H2,1-2H3,(H,17,18). The third kappa shape index (κ3) is 4.99. The first kappa shape index (κ1) is 16.2. The molecule has 0 bridgehead atoms. The van der Waals surface area contributed by atoms with Crippen LogP contribution in [-0.2, 0) is 0 Å². The van der Waals surface area contributed by atoms with Gasteiger partial charge in [-0.15, -0.1) is 0 Å². The molecule has 1 aromatic carbocycles. The molecule has 0 aliphatic rings. The first-order valence-corrected chi connectivity index (χ1v) is 7.54. The molecule has 19 heavy (non-hydrogen) atoms. The van der Waals surface area contributed by atoms with Crippen LogP contribution < -0.4 is 15.8 Å². The molecule has 1 amide bonds. The van der Waals surface area contributed by atoms with Crippen molar-refractivity contribution >= 4 is 28.5 Å². The lowest BCUT2D eigenvalue weighted by Gasteiger charge is -2.17. The van der Waals surface area contributed by atoms with Crippen LogP contribution in [0, 0.1) is 3.57 Å². The van der Waals surface area contributed by atoms with Crippen LogP contribution in [0.5, 0.6) is 5.75 Å². The third-order valence-electron chi connectivity index (χ3n) is 2.95. The van der Waals surface area contributed by atoms with Crippen LogP contribution in [0.1, 0.15) is 36.5 Å². The number of carbonyl (C=O) groups excluding carboxylic acids is 1. The van der Waals surface area contributed by atoms with Crippen molar-refractivity contribution in [2.45, 2.75) is 32.2 Å². The Morgan fingerprint density at radius 3 is 2.79 bits per heavy atom. The molecule has 0 spiro atoms. The second kappa shape index (κ2) is 8.37. The summed E-state index contributed by atoms with van der Waals surface area (Å²) in [4.78, 5) is 12.2. The summed E-state index contributed by atoms with van der Waals surface area (Å²) in [5.74, 6) is 0.681. The Hall–Kier alpha value is -0.820. The summed E-state index contributed by atoms with van der Waals surface area (Å²) in [6.45, 7) is 2.60.